The van der Waals surface area contributed by atoms with Gasteiger partial charge in [0.1, 0.15) is 5.01 Å². The Labute approximate surface area is 158 Å². The van der Waals surface area contributed by atoms with Gasteiger partial charge in [-0.15, -0.1) is 11.3 Å². The maximum atomic E-state index is 11.2. The fourth-order valence-electron chi connectivity index (χ4n) is 2.16. The Kier molecular flexibility index (Phi) is 5.15. The normalized spacial score (nSPS) is 12.1. The van der Waals surface area contributed by atoms with Crippen LogP contribution in [-0.2, 0) is 4.79 Å². The zero-order valence-corrected chi connectivity index (χ0v) is 15.3. The third kappa shape index (κ3) is 3.59. The smallest absolute Gasteiger partial charge is 0.323 e. The van der Waals surface area contributed by atoms with E-state index in [-0.39, 0.29) is 0 Å². The van der Waals surface area contributed by atoms with Crippen molar-refractivity contribution in [1.29, 1.82) is 0 Å². The van der Waals surface area contributed by atoms with Gasteiger partial charge >= 0.3 is 5.97 Å². The zero-order valence-electron chi connectivity index (χ0n) is 12.1. The number of carboxylic acid groups (broad SMARTS) is 1. The van der Waals surface area contributed by atoms with Crippen LogP contribution in [0, 0.1) is 0 Å². The summed E-state index contributed by atoms with van der Waals surface area (Å²) >= 11 is 17.4. The highest BCUT2D eigenvalue weighted by Gasteiger charge is 2.23. The van der Waals surface area contributed by atoms with Gasteiger partial charge < -0.3 is 5.11 Å². The third-order valence-corrected chi connectivity index (χ3v) is 5.65. The van der Waals surface area contributed by atoms with Crippen LogP contribution in [0.2, 0.25) is 10.0 Å². The van der Waals surface area contributed by atoms with Gasteiger partial charge in [0.15, 0.2) is 5.25 Å². The van der Waals surface area contributed by atoms with Crippen LogP contribution in [0.3, 0.4) is 0 Å². The minimum Gasteiger partial charge on any atom is -0.480 e. The highest BCUT2D eigenvalue weighted by molar-refractivity contribution is 7.81. The summed E-state index contributed by atoms with van der Waals surface area (Å²) in [7, 11) is 0. The molecule has 3 aromatic rings. The molecular weight excluding hydrogens is 385 g/mol. The number of carboxylic acids is 1. The number of carbonyl (C=O) groups is 1. The molecule has 122 valence electrons. The first-order chi connectivity index (χ1) is 11.5. The molecule has 7 heteroatoms. The van der Waals surface area contributed by atoms with Crippen molar-refractivity contribution in [2.24, 2.45) is 0 Å². The molecule has 1 unspecified atom stereocenters. The number of aromatic nitrogens is 1. The lowest BCUT2D eigenvalue weighted by Gasteiger charge is -2.03. The second-order valence-corrected chi connectivity index (χ2v) is 7.40. The Bertz CT molecular complexity index is 814. The molecule has 0 fully saturated rings. The van der Waals surface area contributed by atoms with Gasteiger partial charge in [0, 0.05) is 15.6 Å². The molecule has 0 radical (unpaired) electrons. The molecule has 0 aliphatic heterocycles. The first-order valence-corrected chi connectivity index (χ1v) is 8.98. The van der Waals surface area contributed by atoms with Gasteiger partial charge in [0.05, 0.1) is 10.6 Å². The molecule has 0 spiro atoms. The van der Waals surface area contributed by atoms with Crippen LogP contribution in [0.5, 0.6) is 0 Å². The molecule has 1 atom stereocenters. The minimum atomic E-state index is -1.03. The largest absolute Gasteiger partial charge is 0.480 e. The molecular formula is C17H11Cl2NO2S2. The summed E-state index contributed by atoms with van der Waals surface area (Å²) in [6, 6.07) is 14.6. The van der Waals surface area contributed by atoms with Crippen molar-refractivity contribution >= 4 is 53.1 Å². The maximum Gasteiger partial charge on any atom is 0.323 e. The summed E-state index contributed by atoms with van der Waals surface area (Å²) in [6.45, 7) is 0. The van der Waals surface area contributed by atoms with Gasteiger partial charge in [0.25, 0.3) is 0 Å². The minimum absolute atomic E-state index is 0.431. The monoisotopic (exact) mass is 395 g/mol. The van der Waals surface area contributed by atoms with Gasteiger partial charge in [-0.05, 0) is 29.8 Å². The van der Waals surface area contributed by atoms with Crippen LogP contribution in [-0.4, -0.2) is 16.1 Å². The molecule has 1 N–H and O–H groups in total. The number of halogens is 2. The van der Waals surface area contributed by atoms with Crippen molar-refractivity contribution in [2.45, 2.75) is 5.25 Å². The van der Waals surface area contributed by atoms with Crippen LogP contribution in [0.25, 0.3) is 21.7 Å². The number of rotatable bonds is 4. The number of thiazole rings is 1. The average molecular weight is 396 g/mol. The van der Waals surface area contributed by atoms with E-state index in [2.05, 4.69) is 17.6 Å². The van der Waals surface area contributed by atoms with E-state index in [1.54, 1.807) is 24.3 Å². The van der Waals surface area contributed by atoms with Crippen LogP contribution in [0.4, 0.5) is 0 Å². The first kappa shape index (κ1) is 17.3. The second kappa shape index (κ2) is 7.15. The number of hydrogen-bond acceptors (Lipinski definition) is 4. The molecule has 3 rings (SSSR count). The molecule has 3 nitrogen and oxygen atoms in total. The van der Waals surface area contributed by atoms with Gasteiger partial charge in [-0.1, -0.05) is 47.5 Å². The summed E-state index contributed by atoms with van der Waals surface area (Å²) in [4.78, 5) is 16.6. The molecule has 0 amide bonds. The molecule has 0 saturated carbocycles. The highest BCUT2D eigenvalue weighted by Crippen LogP contribution is 2.40. The number of thiol groups is 1. The van der Waals surface area contributed by atoms with Crippen molar-refractivity contribution in [3.05, 3.63) is 63.6 Å². The molecule has 0 aliphatic carbocycles. The number of aliphatic carboxylic acids is 1. The Morgan fingerprint density at radius 1 is 1.00 bits per heavy atom. The van der Waals surface area contributed by atoms with E-state index in [1.807, 2.05) is 24.3 Å². The van der Waals surface area contributed by atoms with E-state index in [9.17, 15) is 9.90 Å². The lowest BCUT2D eigenvalue weighted by Crippen LogP contribution is -2.04. The molecule has 0 bridgehead atoms. The predicted molar refractivity (Wildman–Crippen MR) is 102 cm³/mol. The maximum absolute atomic E-state index is 11.2. The molecule has 2 aromatic carbocycles. The Morgan fingerprint density at radius 2 is 1.50 bits per heavy atom. The number of benzene rings is 2. The molecule has 24 heavy (non-hydrogen) atoms. The van der Waals surface area contributed by atoms with Crippen LogP contribution < -0.4 is 0 Å². The average Bonchev–Trinajstić information content (AvgIpc) is 3.00. The molecule has 0 saturated heterocycles. The van der Waals surface area contributed by atoms with Gasteiger partial charge in [-0.2, -0.15) is 12.6 Å². The standard InChI is InChI=1S/C17H11Cl2NO2S2/c18-11-5-1-9(2-6-11)13-15(10-3-7-12(19)8-4-10)24-16(20-13)14(23)17(21)22/h1-8,14,23H,(H,21,22). The number of nitrogens with zero attached hydrogens (tertiary/aromatic N) is 1. The zero-order chi connectivity index (χ0) is 17.3. The van der Waals surface area contributed by atoms with E-state index in [4.69, 9.17) is 23.2 Å². The highest BCUT2D eigenvalue weighted by atomic mass is 35.5. The molecule has 0 aliphatic rings. The summed E-state index contributed by atoms with van der Waals surface area (Å²) in [5.74, 6) is -1.03. The van der Waals surface area contributed by atoms with E-state index >= 15 is 0 Å². The Hall–Kier alpha value is -1.53. The topological polar surface area (TPSA) is 50.2 Å². The lowest BCUT2D eigenvalue weighted by molar-refractivity contribution is -0.136. The van der Waals surface area contributed by atoms with Crippen molar-refractivity contribution < 1.29 is 9.90 Å². The first-order valence-electron chi connectivity index (χ1n) is 6.89. The van der Waals surface area contributed by atoms with E-state index in [0.717, 1.165) is 16.0 Å². The summed E-state index contributed by atoms with van der Waals surface area (Å²) in [6.07, 6.45) is 0. The number of hydrogen-bond donors (Lipinski definition) is 2. The summed E-state index contributed by atoms with van der Waals surface area (Å²) < 4.78 is 0. The van der Waals surface area contributed by atoms with Crippen molar-refractivity contribution in [3.63, 3.8) is 0 Å². The van der Waals surface area contributed by atoms with Gasteiger partial charge in [-0.25, -0.2) is 4.98 Å². The SMILES string of the molecule is O=C(O)C(S)c1nc(-c2ccc(Cl)cc2)c(-c2ccc(Cl)cc2)s1. The van der Waals surface area contributed by atoms with Crippen LogP contribution in [0.15, 0.2) is 48.5 Å². The van der Waals surface area contributed by atoms with Crippen molar-refractivity contribution in [2.75, 3.05) is 0 Å². The Morgan fingerprint density at radius 3 is 2.00 bits per heavy atom. The van der Waals surface area contributed by atoms with Crippen molar-refractivity contribution in [3.8, 4) is 21.7 Å². The van der Waals surface area contributed by atoms with E-state index in [0.29, 0.717) is 20.7 Å². The van der Waals surface area contributed by atoms with E-state index < -0.39 is 11.2 Å². The fraction of sp³-hybridized carbons (Fsp3) is 0.0588. The Balaban J connectivity index is 2.16. The fourth-order valence-corrected chi connectivity index (χ4v) is 3.70. The summed E-state index contributed by atoms with van der Waals surface area (Å²) in [5.41, 5.74) is 2.48. The predicted octanol–water partition coefficient (Wildman–Crippen LogP) is 5.84. The van der Waals surface area contributed by atoms with Crippen LogP contribution >= 0.6 is 47.2 Å². The molecule has 1 aromatic heterocycles. The lowest BCUT2D eigenvalue weighted by atomic mass is 10.1. The second-order valence-electron chi connectivity index (χ2n) is 4.98. The van der Waals surface area contributed by atoms with Gasteiger partial charge in [0.2, 0.25) is 0 Å². The third-order valence-electron chi connectivity index (χ3n) is 3.34. The quantitative estimate of drug-likeness (QED) is 0.545. The summed E-state index contributed by atoms with van der Waals surface area (Å²) in [5, 5.41) is 9.92. The molecule has 1 heterocycles. The van der Waals surface area contributed by atoms with E-state index in [1.165, 1.54) is 11.3 Å². The van der Waals surface area contributed by atoms with Crippen LogP contribution in [0.1, 0.15) is 10.3 Å². The van der Waals surface area contributed by atoms with Gasteiger partial charge in [-0.3, -0.25) is 4.79 Å². The van der Waals surface area contributed by atoms with Crippen molar-refractivity contribution in [1.82, 2.24) is 4.98 Å².